The molecule has 0 saturated heterocycles. The molecule has 0 atom stereocenters. The van der Waals surface area contributed by atoms with Gasteiger partial charge in [-0.15, -0.1) is 0 Å². The van der Waals surface area contributed by atoms with E-state index in [9.17, 15) is 13.2 Å². The van der Waals surface area contributed by atoms with E-state index in [4.69, 9.17) is 4.74 Å². The van der Waals surface area contributed by atoms with Crippen molar-refractivity contribution in [2.75, 3.05) is 6.61 Å². The van der Waals surface area contributed by atoms with Crippen molar-refractivity contribution in [1.29, 1.82) is 0 Å². The van der Waals surface area contributed by atoms with Crippen molar-refractivity contribution in [3.63, 3.8) is 0 Å². The quantitative estimate of drug-likeness (QED) is 0.430. The number of carbonyl (C=O) groups excluding carboxylic acids is 1. The molecule has 0 aliphatic heterocycles. The highest BCUT2D eigenvalue weighted by Crippen LogP contribution is 2.31. The van der Waals surface area contributed by atoms with Crippen molar-refractivity contribution in [2.24, 2.45) is 0 Å². The van der Waals surface area contributed by atoms with E-state index in [1.54, 1.807) is 44.6 Å². The van der Waals surface area contributed by atoms with Gasteiger partial charge in [-0.25, -0.2) is 23.4 Å². The van der Waals surface area contributed by atoms with E-state index < -0.39 is 15.3 Å². The number of hydrogen-bond acceptors (Lipinski definition) is 9. The molecule has 10 heteroatoms. The monoisotopic (exact) mass is 481 g/mol. The summed E-state index contributed by atoms with van der Waals surface area (Å²) < 4.78 is 30.0. The molecule has 3 aromatic heterocycles. The molecule has 0 aromatic carbocycles. The Labute approximate surface area is 199 Å². The first kappa shape index (κ1) is 23.9. The minimum Gasteiger partial charge on any atom is -0.477 e. The number of rotatable bonds is 10. The normalized spacial score (nSPS) is 14.1. The fraction of sp³-hybridized carbons (Fsp3) is 0.417. The maximum atomic E-state index is 13.2. The molecular weight excluding hydrogens is 454 g/mol. The van der Waals surface area contributed by atoms with E-state index in [0.717, 1.165) is 5.56 Å². The van der Waals surface area contributed by atoms with Crippen LogP contribution in [0.25, 0.3) is 11.3 Å². The third-order valence-electron chi connectivity index (χ3n) is 5.77. The molecule has 34 heavy (non-hydrogen) atoms. The van der Waals surface area contributed by atoms with Crippen LogP contribution in [-0.2, 0) is 32.2 Å². The number of Topliss-reactive ketones (excluding diaryl/α,β-unsaturated/α-hetero) is 1. The van der Waals surface area contributed by atoms with Gasteiger partial charge in [-0.1, -0.05) is 0 Å². The van der Waals surface area contributed by atoms with Crippen LogP contribution in [0.5, 0.6) is 5.88 Å². The standard InChI is InChI=1S/C24H27N5O4S/c1-4-33-23-14-25-13-19(28-23)16-5-6-17(27-12-16)11-21(30)24(2,3)20-9-10-26-22(29-20)15-34(31,32)18-7-8-18/h5-6,9-10,12-14,18H,4,7-8,11,15H2,1-3H3. The van der Waals surface area contributed by atoms with Gasteiger partial charge in [0, 0.05) is 30.1 Å². The van der Waals surface area contributed by atoms with Gasteiger partial charge in [0.05, 0.1) is 41.1 Å². The zero-order valence-corrected chi connectivity index (χ0v) is 20.2. The lowest BCUT2D eigenvalue weighted by Gasteiger charge is -2.22. The van der Waals surface area contributed by atoms with Gasteiger partial charge in [0.25, 0.3) is 0 Å². The van der Waals surface area contributed by atoms with Gasteiger partial charge in [-0.3, -0.25) is 14.8 Å². The fourth-order valence-electron chi connectivity index (χ4n) is 3.46. The molecule has 178 valence electrons. The number of carbonyl (C=O) groups is 1. The molecule has 3 aromatic rings. The average Bonchev–Trinajstić information content (AvgIpc) is 3.66. The molecule has 1 aliphatic rings. The third-order valence-corrected chi connectivity index (χ3v) is 7.92. The Hall–Kier alpha value is -3.27. The number of ketones is 1. The summed E-state index contributed by atoms with van der Waals surface area (Å²) in [6, 6.07) is 5.28. The predicted molar refractivity (Wildman–Crippen MR) is 126 cm³/mol. The van der Waals surface area contributed by atoms with Gasteiger partial charge < -0.3 is 4.74 Å². The molecular formula is C24H27N5O4S. The van der Waals surface area contributed by atoms with Crippen molar-refractivity contribution < 1.29 is 17.9 Å². The Balaban J connectivity index is 1.46. The van der Waals surface area contributed by atoms with Crippen LogP contribution in [0.1, 0.15) is 50.8 Å². The summed E-state index contributed by atoms with van der Waals surface area (Å²) in [5.74, 6) is 0.380. The number of hydrogen-bond donors (Lipinski definition) is 0. The van der Waals surface area contributed by atoms with Crippen molar-refractivity contribution in [1.82, 2.24) is 24.9 Å². The molecule has 0 amide bonds. The van der Waals surface area contributed by atoms with Crippen LogP contribution in [0.15, 0.2) is 43.0 Å². The van der Waals surface area contributed by atoms with Crippen LogP contribution in [0.2, 0.25) is 0 Å². The van der Waals surface area contributed by atoms with Gasteiger partial charge in [-0.05, 0) is 51.8 Å². The van der Waals surface area contributed by atoms with E-state index >= 15 is 0 Å². The highest BCUT2D eigenvalue weighted by atomic mass is 32.2. The highest BCUT2D eigenvalue weighted by molar-refractivity contribution is 7.91. The van der Waals surface area contributed by atoms with Gasteiger partial charge in [0.2, 0.25) is 5.88 Å². The summed E-state index contributed by atoms with van der Waals surface area (Å²) in [6.07, 6.45) is 7.85. The smallest absolute Gasteiger partial charge is 0.232 e. The summed E-state index contributed by atoms with van der Waals surface area (Å²) in [5, 5.41) is -0.281. The summed E-state index contributed by atoms with van der Waals surface area (Å²) in [6.45, 7) is 5.93. The maximum Gasteiger partial charge on any atom is 0.232 e. The number of aromatic nitrogens is 5. The van der Waals surface area contributed by atoms with Gasteiger partial charge in [0.15, 0.2) is 9.84 Å². The van der Waals surface area contributed by atoms with Crippen molar-refractivity contribution >= 4 is 15.6 Å². The summed E-state index contributed by atoms with van der Waals surface area (Å²) >= 11 is 0. The molecule has 4 rings (SSSR count). The second kappa shape index (κ2) is 9.54. The van der Waals surface area contributed by atoms with Crippen LogP contribution in [0.4, 0.5) is 0 Å². The van der Waals surface area contributed by atoms with Crippen LogP contribution in [-0.4, -0.2) is 51.0 Å². The molecule has 0 unspecified atom stereocenters. The molecule has 0 spiro atoms. The Morgan fingerprint density at radius 2 is 1.88 bits per heavy atom. The number of nitrogens with zero attached hydrogens (tertiary/aromatic N) is 5. The van der Waals surface area contributed by atoms with Gasteiger partial charge in [0.1, 0.15) is 17.4 Å². The van der Waals surface area contributed by atoms with Crippen LogP contribution >= 0.6 is 0 Å². The Morgan fingerprint density at radius 1 is 1.09 bits per heavy atom. The molecule has 0 radical (unpaired) electrons. The van der Waals surface area contributed by atoms with Crippen LogP contribution < -0.4 is 4.74 Å². The van der Waals surface area contributed by atoms with Crippen molar-refractivity contribution in [3.05, 3.63) is 60.2 Å². The topological polar surface area (TPSA) is 125 Å². The minimum atomic E-state index is -3.24. The molecule has 1 aliphatic carbocycles. The molecule has 3 heterocycles. The first-order valence-electron chi connectivity index (χ1n) is 11.2. The molecule has 0 N–H and O–H groups in total. The number of pyridine rings is 1. The largest absolute Gasteiger partial charge is 0.477 e. The van der Waals surface area contributed by atoms with Crippen molar-refractivity contribution in [3.8, 4) is 17.1 Å². The van der Waals surface area contributed by atoms with Gasteiger partial charge >= 0.3 is 0 Å². The van der Waals surface area contributed by atoms with E-state index in [0.29, 0.717) is 42.4 Å². The second-order valence-corrected chi connectivity index (χ2v) is 11.1. The maximum absolute atomic E-state index is 13.2. The lowest BCUT2D eigenvalue weighted by atomic mass is 9.82. The first-order chi connectivity index (χ1) is 16.2. The lowest BCUT2D eigenvalue weighted by Crippen LogP contribution is -2.32. The van der Waals surface area contributed by atoms with Crippen LogP contribution in [0.3, 0.4) is 0 Å². The van der Waals surface area contributed by atoms with E-state index in [2.05, 4.69) is 24.9 Å². The molecule has 9 nitrogen and oxygen atoms in total. The Morgan fingerprint density at radius 3 is 2.56 bits per heavy atom. The number of sulfone groups is 1. The third kappa shape index (κ3) is 5.44. The first-order valence-corrected chi connectivity index (χ1v) is 12.9. The zero-order valence-electron chi connectivity index (χ0n) is 19.4. The van der Waals surface area contributed by atoms with Crippen molar-refractivity contribution in [2.45, 2.75) is 56.5 Å². The summed E-state index contributed by atoms with van der Waals surface area (Å²) in [5.41, 5.74) is 1.57. The van der Waals surface area contributed by atoms with E-state index in [-0.39, 0.29) is 29.0 Å². The zero-order chi connectivity index (χ0) is 24.3. The average molecular weight is 482 g/mol. The van der Waals surface area contributed by atoms with Gasteiger partial charge in [-0.2, -0.15) is 0 Å². The SMILES string of the molecule is CCOc1cncc(-c2ccc(CC(=O)C(C)(C)c3ccnc(CS(=O)(=O)C4CC4)n3)nc2)n1. The molecule has 0 bridgehead atoms. The van der Waals surface area contributed by atoms with E-state index in [1.165, 1.54) is 6.20 Å². The Bertz CT molecular complexity index is 1290. The fourth-order valence-corrected chi connectivity index (χ4v) is 5.04. The Kier molecular flexibility index (Phi) is 6.70. The lowest BCUT2D eigenvalue weighted by molar-refractivity contribution is -0.123. The summed E-state index contributed by atoms with van der Waals surface area (Å²) in [7, 11) is -3.24. The summed E-state index contributed by atoms with van der Waals surface area (Å²) in [4.78, 5) is 34.7. The minimum absolute atomic E-state index is 0.0828. The molecule has 1 fully saturated rings. The second-order valence-electron chi connectivity index (χ2n) is 8.80. The number of ether oxygens (including phenoxy) is 1. The van der Waals surface area contributed by atoms with Crippen LogP contribution in [0, 0.1) is 0 Å². The predicted octanol–water partition coefficient (Wildman–Crippen LogP) is 2.89. The molecule has 1 saturated carbocycles. The van der Waals surface area contributed by atoms with E-state index in [1.807, 2.05) is 13.0 Å². The highest BCUT2D eigenvalue weighted by Gasteiger charge is 2.37.